The van der Waals surface area contributed by atoms with E-state index >= 15 is 0 Å². The van der Waals surface area contributed by atoms with E-state index in [1.165, 1.54) is 25.6 Å². The number of anilines is 2. The molecule has 6 rings (SSSR count). The van der Waals surface area contributed by atoms with Crippen molar-refractivity contribution in [3.8, 4) is 0 Å². The Morgan fingerprint density at radius 2 is 1.94 bits per heavy atom. The molecule has 4 bridgehead atoms. The molecule has 1 N–H and O–H groups in total. The average Bonchev–Trinajstić information content (AvgIpc) is 2.72. The van der Waals surface area contributed by atoms with Crippen LogP contribution in [0.15, 0.2) is 6.33 Å². The monoisotopic (exact) mass is 429 g/mol. The largest absolute Gasteiger partial charge is 0.466 e. The lowest BCUT2D eigenvalue weighted by molar-refractivity contribution is -0.383. The van der Waals surface area contributed by atoms with Gasteiger partial charge in [-0.05, 0) is 76.0 Å². The average molecular weight is 430 g/mol. The summed E-state index contributed by atoms with van der Waals surface area (Å²) < 4.78 is 5.18. The van der Waals surface area contributed by atoms with Gasteiger partial charge >= 0.3 is 11.7 Å². The van der Waals surface area contributed by atoms with Crippen LogP contribution in [0.4, 0.5) is 17.3 Å². The Bertz CT molecular complexity index is 840. The lowest BCUT2D eigenvalue weighted by Crippen LogP contribution is -2.55. The molecule has 4 aliphatic carbocycles. The van der Waals surface area contributed by atoms with E-state index in [0.717, 1.165) is 49.9 Å². The van der Waals surface area contributed by atoms with Gasteiger partial charge in [0.15, 0.2) is 0 Å². The minimum absolute atomic E-state index is 0.0669. The van der Waals surface area contributed by atoms with Crippen LogP contribution in [0.25, 0.3) is 0 Å². The molecule has 0 aromatic carbocycles. The molecule has 31 heavy (non-hydrogen) atoms. The lowest BCUT2D eigenvalue weighted by atomic mass is 9.53. The van der Waals surface area contributed by atoms with E-state index in [9.17, 15) is 14.9 Å². The van der Waals surface area contributed by atoms with Crippen LogP contribution < -0.4 is 10.2 Å². The molecule has 1 unspecified atom stereocenters. The zero-order chi connectivity index (χ0) is 21.6. The Morgan fingerprint density at radius 1 is 1.26 bits per heavy atom. The molecule has 0 amide bonds. The summed E-state index contributed by atoms with van der Waals surface area (Å²) in [5.74, 6) is 2.29. The molecule has 5 fully saturated rings. The van der Waals surface area contributed by atoms with Crippen LogP contribution in [0.1, 0.15) is 58.3 Å². The highest BCUT2D eigenvalue weighted by atomic mass is 16.6. The van der Waals surface area contributed by atoms with Crippen molar-refractivity contribution in [2.24, 2.45) is 23.7 Å². The van der Waals surface area contributed by atoms with Gasteiger partial charge in [0, 0.05) is 18.6 Å². The number of rotatable bonds is 6. The number of nitrogens with zero attached hydrogens (tertiary/aromatic N) is 4. The Balaban J connectivity index is 1.42. The number of aromatic nitrogens is 2. The van der Waals surface area contributed by atoms with Crippen molar-refractivity contribution < 1.29 is 14.5 Å². The number of piperidine rings is 1. The molecule has 168 valence electrons. The van der Waals surface area contributed by atoms with Crippen LogP contribution in [0.2, 0.25) is 0 Å². The molecule has 0 radical (unpaired) electrons. The zero-order valence-electron chi connectivity index (χ0n) is 18.1. The second kappa shape index (κ2) is 7.91. The highest BCUT2D eigenvalue weighted by Crippen LogP contribution is 2.57. The third-order valence-corrected chi connectivity index (χ3v) is 7.75. The SMILES string of the molecule is CCOC(=O)C1CCCN(c2ncnc(NC34CC5CC(CC(C5)C3)C4)c2[N+](=O)[O-])C1. The van der Waals surface area contributed by atoms with Gasteiger partial charge in [0.05, 0.1) is 17.4 Å². The Labute approximate surface area is 182 Å². The first-order chi connectivity index (χ1) is 15.0. The summed E-state index contributed by atoms with van der Waals surface area (Å²) >= 11 is 0. The van der Waals surface area contributed by atoms with Crippen LogP contribution in [0, 0.1) is 33.8 Å². The molecule has 1 aromatic rings. The standard InChI is InChI=1S/C22H31N5O4/c1-2-31-21(28)17-4-3-5-26(12-17)20-18(27(29)30)19(23-13-24-20)25-22-9-14-6-15(10-22)8-16(7-14)11-22/h13-17H,2-12H2,1H3,(H,23,24,25). The summed E-state index contributed by atoms with van der Waals surface area (Å²) in [5.41, 5.74) is -0.150. The van der Waals surface area contributed by atoms with Crippen LogP contribution in [-0.2, 0) is 9.53 Å². The smallest absolute Gasteiger partial charge is 0.353 e. The van der Waals surface area contributed by atoms with Crippen LogP contribution in [-0.4, -0.2) is 46.1 Å². The van der Waals surface area contributed by atoms with E-state index in [1.54, 1.807) is 6.92 Å². The summed E-state index contributed by atoms with van der Waals surface area (Å²) in [4.78, 5) is 34.5. The second-order valence-corrected chi connectivity index (χ2v) is 10.0. The van der Waals surface area contributed by atoms with Crippen molar-refractivity contribution in [1.29, 1.82) is 0 Å². The van der Waals surface area contributed by atoms with Gasteiger partial charge in [0.25, 0.3) is 0 Å². The topological polar surface area (TPSA) is 110 Å². The lowest BCUT2D eigenvalue weighted by Gasteiger charge is -2.57. The molecule has 1 atom stereocenters. The first-order valence-electron chi connectivity index (χ1n) is 11.7. The molecule has 9 nitrogen and oxygen atoms in total. The van der Waals surface area contributed by atoms with Crippen molar-refractivity contribution in [3.05, 3.63) is 16.4 Å². The Morgan fingerprint density at radius 3 is 2.55 bits per heavy atom. The van der Waals surface area contributed by atoms with Gasteiger partial charge in [0.2, 0.25) is 11.6 Å². The van der Waals surface area contributed by atoms with E-state index in [-0.39, 0.29) is 28.0 Å². The molecule has 4 saturated carbocycles. The molecule has 0 spiro atoms. The van der Waals surface area contributed by atoms with E-state index in [0.29, 0.717) is 31.3 Å². The Kier molecular flexibility index (Phi) is 5.22. The van der Waals surface area contributed by atoms with Gasteiger partial charge in [0.1, 0.15) is 6.33 Å². The van der Waals surface area contributed by atoms with Crippen LogP contribution >= 0.6 is 0 Å². The van der Waals surface area contributed by atoms with Gasteiger partial charge in [-0.15, -0.1) is 0 Å². The summed E-state index contributed by atoms with van der Waals surface area (Å²) in [7, 11) is 0. The van der Waals surface area contributed by atoms with Crippen molar-refractivity contribution in [2.45, 2.75) is 63.8 Å². The van der Waals surface area contributed by atoms with E-state index in [2.05, 4.69) is 15.3 Å². The summed E-state index contributed by atoms with van der Waals surface area (Å²) in [6.45, 7) is 3.14. The second-order valence-electron chi connectivity index (χ2n) is 10.0. The third kappa shape index (κ3) is 3.83. The normalized spacial score (nSPS) is 33.9. The maximum atomic E-state index is 12.2. The van der Waals surface area contributed by atoms with Crippen molar-refractivity contribution in [1.82, 2.24) is 9.97 Å². The van der Waals surface area contributed by atoms with Gasteiger partial charge in [-0.3, -0.25) is 14.9 Å². The molecule has 1 saturated heterocycles. The fourth-order valence-corrected chi connectivity index (χ4v) is 7.00. The number of hydrogen-bond donors (Lipinski definition) is 1. The van der Waals surface area contributed by atoms with Gasteiger partial charge in [-0.25, -0.2) is 9.97 Å². The Hall–Kier alpha value is -2.45. The first kappa shape index (κ1) is 20.5. The predicted molar refractivity (Wildman–Crippen MR) is 115 cm³/mol. The zero-order valence-corrected chi connectivity index (χ0v) is 18.1. The van der Waals surface area contributed by atoms with Crippen molar-refractivity contribution in [3.63, 3.8) is 0 Å². The number of hydrogen-bond acceptors (Lipinski definition) is 8. The highest BCUT2D eigenvalue weighted by Gasteiger charge is 2.51. The molecule has 2 heterocycles. The predicted octanol–water partition coefficient (Wildman–Crippen LogP) is 3.55. The number of ether oxygens (including phenoxy) is 1. The minimum Gasteiger partial charge on any atom is -0.466 e. The molecular formula is C22H31N5O4. The van der Waals surface area contributed by atoms with Crippen molar-refractivity contribution >= 4 is 23.3 Å². The number of carbonyl (C=O) groups excluding carboxylic acids is 1. The van der Waals surface area contributed by atoms with Crippen LogP contribution in [0.5, 0.6) is 0 Å². The first-order valence-corrected chi connectivity index (χ1v) is 11.7. The fraction of sp³-hybridized carbons (Fsp3) is 0.773. The van der Waals surface area contributed by atoms with Gasteiger partial charge < -0.3 is 15.0 Å². The van der Waals surface area contributed by atoms with Crippen LogP contribution in [0.3, 0.4) is 0 Å². The molecule has 1 aromatic heterocycles. The molecule has 9 heteroatoms. The number of carbonyl (C=O) groups is 1. The number of esters is 1. The minimum atomic E-state index is -0.369. The summed E-state index contributed by atoms with van der Waals surface area (Å²) in [6.07, 6.45) is 10.1. The van der Waals surface area contributed by atoms with Crippen molar-refractivity contribution in [2.75, 3.05) is 29.9 Å². The molecular weight excluding hydrogens is 398 g/mol. The maximum absolute atomic E-state index is 12.2. The van der Waals surface area contributed by atoms with Gasteiger partial charge in [-0.2, -0.15) is 0 Å². The van der Waals surface area contributed by atoms with E-state index < -0.39 is 0 Å². The highest BCUT2D eigenvalue weighted by molar-refractivity contribution is 5.75. The third-order valence-electron chi connectivity index (χ3n) is 7.75. The summed E-state index contributed by atoms with van der Waals surface area (Å²) in [6, 6.07) is 0. The fourth-order valence-electron chi connectivity index (χ4n) is 7.00. The summed E-state index contributed by atoms with van der Waals surface area (Å²) in [5, 5.41) is 15.7. The quantitative estimate of drug-likeness (QED) is 0.415. The number of nitro groups is 1. The number of nitrogens with one attached hydrogen (secondary N) is 1. The molecule has 1 aliphatic heterocycles. The van der Waals surface area contributed by atoms with Gasteiger partial charge in [-0.1, -0.05) is 0 Å². The van der Waals surface area contributed by atoms with E-state index in [1.807, 2.05) is 4.90 Å². The molecule has 5 aliphatic rings. The maximum Gasteiger partial charge on any atom is 0.353 e. The van der Waals surface area contributed by atoms with E-state index in [4.69, 9.17) is 4.74 Å².